The normalized spacial score (nSPS) is 22.7. The number of hydrogen-bond acceptors (Lipinski definition) is 6. The van der Waals surface area contributed by atoms with Crippen LogP contribution in [0.5, 0.6) is 11.5 Å². The lowest BCUT2D eigenvalue weighted by molar-refractivity contribution is -0.192. The number of hydrogen-bond donors (Lipinski definition) is 3. The van der Waals surface area contributed by atoms with Crippen molar-refractivity contribution in [3.63, 3.8) is 0 Å². The van der Waals surface area contributed by atoms with Crippen molar-refractivity contribution in [2.45, 2.75) is 62.5 Å². The number of carbonyl (C=O) groups excluding carboxylic acids is 1. The Bertz CT molecular complexity index is 1250. The van der Waals surface area contributed by atoms with Crippen LogP contribution in [-0.2, 0) is 16.4 Å². The van der Waals surface area contributed by atoms with Gasteiger partial charge >= 0.3 is 24.4 Å². The summed E-state index contributed by atoms with van der Waals surface area (Å²) in [6, 6.07) is 6.54. The highest BCUT2D eigenvalue weighted by Gasteiger charge is 2.51. The molecule has 3 atom stereocenters. The minimum absolute atomic E-state index is 0.0765. The number of anilines is 1. The molecule has 0 unspecified atom stereocenters. The van der Waals surface area contributed by atoms with E-state index in [2.05, 4.69) is 28.6 Å². The van der Waals surface area contributed by atoms with Gasteiger partial charge in [0, 0.05) is 23.6 Å². The molecule has 1 aromatic carbocycles. The van der Waals surface area contributed by atoms with Crippen LogP contribution in [0.15, 0.2) is 28.7 Å². The number of rotatable bonds is 5. The first kappa shape index (κ1) is 31.9. The Morgan fingerprint density at radius 1 is 1.07 bits per heavy atom. The summed E-state index contributed by atoms with van der Waals surface area (Å²) < 4.78 is 86.9. The molecule has 4 rings (SSSR count). The van der Waals surface area contributed by atoms with Crippen molar-refractivity contribution in [2.24, 2.45) is 0 Å². The number of fused-ring (bicyclic) bond motifs is 1. The summed E-state index contributed by atoms with van der Waals surface area (Å²) >= 11 is 0. The van der Waals surface area contributed by atoms with Crippen LogP contribution >= 0.6 is 0 Å². The van der Waals surface area contributed by atoms with Crippen LogP contribution in [0.2, 0.25) is 0 Å². The summed E-state index contributed by atoms with van der Waals surface area (Å²) in [5.74, 6) is -2.53. The van der Waals surface area contributed by atoms with Gasteiger partial charge < -0.3 is 34.5 Å². The minimum atomic E-state index is -5.08. The summed E-state index contributed by atoms with van der Waals surface area (Å²) in [5, 5.41) is 12.3. The molecule has 1 saturated carbocycles. The van der Waals surface area contributed by atoms with E-state index in [1.165, 1.54) is 18.6 Å². The molecule has 2 aliphatic rings. The van der Waals surface area contributed by atoms with Crippen LogP contribution in [0.3, 0.4) is 0 Å². The Morgan fingerprint density at radius 2 is 1.71 bits per heavy atom. The molecule has 2 amide bonds. The predicted octanol–water partition coefficient (Wildman–Crippen LogP) is 5.57. The number of carboxylic acids is 1. The zero-order valence-electron chi connectivity index (χ0n) is 22.7. The van der Waals surface area contributed by atoms with Crippen LogP contribution in [0, 0.1) is 6.92 Å². The van der Waals surface area contributed by atoms with Gasteiger partial charge in [-0.3, -0.25) is 0 Å². The van der Waals surface area contributed by atoms with Gasteiger partial charge in [0.2, 0.25) is 5.76 Å². The van der Waals surface area contributed by atoms with Crippen molar-refractivity contribution in [3.05, 3.63) is 41.3 Å². The molecule has 1 aromatic heterocycles. The van der Waals surface area contributed by atoms with E-state index < -0.39 is 30.1 Å². The van der Waals surface area contributed by atoms with E-state index in [0.29, 0.717) is 24.3 Å². The van der Waals surface area contributed by atoms with E-state index in [4.69, 9.17) is 23.8 Å². The third-order valence-corrected chi connectivity index (χ3v) is 7.42. The quantitative estimate of drug-likeness (QED) is 0.387. The Balaban J connectivity index is 0.000000587. The number of methoxy groups -OCH3 is 2. The number of amides is 2. The molecule has 2 heterocycles. The number of halogens is 6. The molecular weight excluding hydrogens is 564 g/mol. The first-order valence-electron chi connectivity index (χ1n) is 12.5. The van der Waals surface area contributed by atoms with Crippen LogP contribution in [-0.4, -0.2) is 68.1 Å². The van der Waals surface area contributed by atoms with Gasteiger partial charge in [0.1, 0.15) is 5.76 Å². The van der Waals surface area contributed by atoms with Gasteiger partial charge in [-0.05, 0) is 63.9 Å². The lowest BCUT2D eigenvalue weighted by Crippen LogP contribution is -2.52. The summed E-state index contributed by atoms with van der Waals surface area (Å²) in [6.07, 6.45) is -6.56. The topological polar surface area (TPSA) is 113 Å². The van der Waals surface area contributed by atoms with Gasteiger partial charge in [0.25, 0.3) is 0 Å². The maximum atomic E-state index is 13.2. The first-order chi connectivity index (χ1) is 19.0. The lowest BCUT2D eigenvalue weighted by atomic mass is 9.65. The number of likely N-dealkylation sites (tertiary alicyclic amines) is 1. The van der Waals surface area contributed by atoms with Gasteiger partial charge in [-0.15, -0.1) is 0 Å². The van der Waals surface area contributed by atoms with Gasteiger partial charge in [-0.25, -0.2) is 9.59 Å². The molecular formula is C26H31F6N3O6. The Morgan fingerprint density at radius 3 is 2.27 bits per heavy atom. The van der Waals surface area contributed by atoms with Gasteiger partial charge in [-0.1, -0.05) is 6.07 Å². The highest BCUT2D eigenvalue weighted by atomic mass is 19.4. The maximum Gasteiger partial charge on any atom is 0.490 e. The number of likely N-dealkylation sites (N-methyl/N-ethyl adjacent to an activating group) is 1. The monoisotopic (exact) mass is 595 g/mol. The molecule has 2 fully saturated rings. The second-order valence-corrected chi connectivity index (χ2v) is 9.94. The van der Waals surface area contributed by atoms with Crippen LogP contribution in [0.4, 0.5) is 36.8 Å². The second-order valence-electron chi connectivity index (χ2n) is 9.94. The molecule has 1 saturated heterocycles. The third kappa shape index (κ3) is 7.18. The fourth-order valence-electron chi connectivity index (χ4n) is 5.56. The van der Waals surface area contributed by atoms with E-state index in [1.54, 1.807) is 14.2 Å². The number of ether oxygens (including phenoxy) is 2. The SMILES string of the molecule is COc1ccc([C@@]23CC[C@@H](NC(=O)Nc4cc(C)oc4C(F)(F)F)C[C@@H]2N(C)CC3)cc1OC.O=C(O)C(F)(F)F. The number of carbonyl (C=O) groups is 2. The molecule has 0 spiro atoms. The van der Waals surface area contributed by atoms with Crippen LogP contribution < -0.4 is 20.1 Å². The molecule has 0 bridgehead atoms. The van der Waals surface area contributed by atoms with E-state index in [1.807, 2.05) is 12.1 Å². The number of carboxylic acid groups (broad SMARTS) is 1. The Hall–Kier alpha value is -3.62. The fourth-order valence-corrected chi connectivity index (χ4v) is 5.56. The number of urea groups is 1. The number of aliphatic carboxylic acids is 1. The maximum absolute atomic E-state index is 13.2. The van der Waals surface area contributed by atoms with Crippen LogP contribution in [0.25, 0.3) is 0 Å². The Kier molecular flexibility index (Phi) is 9.40. The van der Waals surface area contributed by atoms with Gasteiger partial charge in [-0.2, -0.15) is 26.3 Å². The smallest absolute Gasteiger partial charge is 0.490 e. The molecule has 15 heteroatoms. The highest BCUT2D eigenvalue weighted by molar-refractivity contribution is 5.90. The van der Waals surface area contributed by atoms with Gasteiger partial charge in [0.05, 0.1) is 19.9 Å². The molecule has 228 valence electrons. The van der Waals surface area contributed by atoms with Crippen molar-refractivity contribution in [2.75, 3.05) is 33.1 Å². The predicted molar refractivity (Wildman–Crippen MR) is 134 cm³/mol. The minimum Gasteiger partial charge on any atom is -0.493 e. The van der Waals surface area contributed by atoms with Crippen molar-refractivity contribution < 1.29 is 54.9 Å². The molecule has 3 N–H and O–H groups in total. The largest absolute Gasteiger partial charge is 0.493 e. The number of aryl methyl sites for hydroxylation is 1. The molecule has 1 aliphatic heterocycles. The van der Waals surface area contributed by atoms with E-state index in [0.717, 1.165) is 19.4 Å². The van der Waals surface area contributed by atoms with E-state index >= 15 is 0 Å². The number of nitrogens with one attached hydrogen (secondary N) is 2. The van der Waals surface area contributed by atoms with E-state index in [-0.39, 0.29) is 28.9 Å². The Labute approximate surface area is 231 Å². The highest BCUT2D eigenvalue weighted by Crippen LogP contribution is 2.50. The zero-order chi connectivity index (χ0) is 30.8. The average Bonchev–Trinajstić information content (AvgIpc) is 3.43. The van der Waals surface area contributed by atoms with Crippen molar-refractivity contribution in [1.29, 1.82) is 0 Å². The molecule has 41 heavy (non-hydrogen) atoms. The molecule has 0 radical (unpaired) electrons. The standard InChI is InChI=1S/C24H30F3N3O4.C2HF3O2/c1-14-11-17(21(34-14)24(25,26)27)29-22(31)28-16-7-8-23(9-10-30(2)20(23)13-16)15-5-6-18(32-3)19(12-15)33-4;3-2(4,5)1(6)7/h5-6,11-12,16,20H,7-10,13H2,1-4H3,(H2,28,29,31);(H,6,7)/t16-,20+,23+;/m1./s1. The second kappa shape index (κ2) is 12.1. The molecule has 9 nitrogen and oxygen atoms in total. The van der Waals surface area contributed by atoms with Crippen molar-refractivity contribution in [1.82, 2.24) is 10.2 Å². The average molecular weight is 596 g/mol. The van der Waals surface area contributed by atoms with E-state index in [9.17, 15) is 31.1 Å². The number of furan rings is 1. The fraction of sp³-hybridized carbons (Fsp3) is 0.538. The molecule has 1 aliphatic carbocycles. The molecule has 2 aromatic rings. The third-order valence-electron chi connectivity index (χ3n) is 7.42. The lowest BCUT2D eigenvalue weighted by Gasteiger charge is -2.45. The van der Waals surface area contributed by atoms with Gasteiger partial charge in [0.15, 0.2) is 11.5 Å². The van der Waals surface area contributed by atoms with Crippen LogP contribution in [0.1, 0.15) is 42.8 Å². The number of benzene rings is 1. The summed E-state index contributed by atoms with van der Waals surface area (Å²) in [5.41, 5.74) is 0.704. The number of alkyl halides is 6. The summed E-state index contributed by atoms with van der Waals surface area (Å²) in [6.45, 7) is 2.32. The summed E-state index contributed by atoms with van der Waals surface area (Å²) in [4.78, 5) is 23.8. The van der Waals surface area contributed by atoms with Crippen molar-refractivity contribution >= 4 is 17.7 Å². The zero-order valence-corrected chi connectivity index (χ0v) is 22.7. The number of nitrogens with zero attached hydrogens (tertiary/aromatic N) is 1. The summed E-state index contributed by atoms with van der Waals surface area (Å²) in [7, 11) is 5.29. The van der Waals surface area contributed by atoms with Crippen molar-refractivity contribution in [3.8, 4) is 11.5 Å². The first-order valence-corrected chi connectivity index (χ1v) is 12.5.